The summed E-state index contributed by atoms with van der Waals surface area (Å²) in [5.41, 5.74) is 1.93. The Balaban J connectivity index is 1.56. The smallest absolute Gasteiger partial charge is 0.234 e. The molecule has 0 spiro atoms. The molecule has 3 rings (SSSR count). The van der Waals surface area contributed by atoms with Gasteiger partial charge in [0.2, 0.25) is 5.91 Å². The molecule has 1 aliphatic heterocycles. The van der Waals surface area contributed by atoms with Crippen molar-refractivity contribution in [1.29, 1.82) is 0 Å². The molecule has 0 saturated carbocycles. The molecule has 23 heavy (non-hydrogen) atoms. The van der Waals surface area contributed by atoms with Gasteiger partial charge in [0.25, 0.3) is 0 Å². The van der Waals surface area contributed by atoms with E-state index in [2.05, 4.69) is 32.1 Å². The number of benzene rings is 1. The van der Waals surface area contributed by atoms with E-state index >= 15 is 0 Å². The van der Waals surface area contributed by atoms with Crippen LogP contribution in [0.4, 0.5) is 0 Å². The fourth-order valence-corrected chi connectivity index (χ4v) is 2.99. The maximum Gasteiger partial charge on any atom is 0.234 e. The molecule has 6 heteroatoms. The minimum absolute atomic E-state index is 0.0579. The van der Waals surface area contributed by atoms with Crippen LogP contribution in [-0.2, 0) is 4.79 Å². The number of aromatic amines is 1. The number of aromatic nitrogens is 2. The Labute approximate surface area is 136 Å². The number of carbonyl (C=O) groups excluding carboxylic acids is 1. The average Bonchev–Trinajstić information content (AvgIpc) is 2.86. The van der Waals surface area contributed by atoms with Gasteiger partial charge in [-0.15, -0.1) is 0 Å². The summed E-state index contributed by atoms with van der Waals surface area (Å²) in [7, 11) is 2.13. The molecule has 0 aliphatic carbocycles. The number of nitrogens with one attached hydrogen (secondary N) is 2. The molecular weight excluding hydrogens is 290 g/mol. The molecule has 2 aromatic rings. The predicted molar refractivity (Wildman–Crippen MR) is 91.2 cm³/mol. The van der Waals surface area contributed by atoms with Crippen molar-refractivity contribution in [2.75, 3.05) is 39.8 Å². The van der Waals surface area contributed by atoms with Gasteiger partial charge in [0.05, 0.1) is 23.6 Å². The zero-order valence-corrected chi connectivity index (χ0v) is 13.9. The number of amides is 1. The molecule has 6 nitrogen and oxygen atoms in total. The van der Waals surface area contributed by atoms with Crippen LogP contribution in [0.15, 0.2) is 24.3 Å². The van der Waals surface area contributed by atoms with E-state index in [-0.39, 0.29) is 11.9 Å². The highest BCUT2D eigenvalue weighted by Gasteiger charge is 2.18. The van der Waals surface area contributed by atoms with Crippen LogP contribution in [0.1, 0.15) is 25.2 Å². The van der Waals surface area contributed by atoms with Crippen LogP contribution in [0.3, 0.4) is 0 Å². The van der Waals surface area contributed by atoms with Gasteiger partial charge in [-0.25, -0.2) is 4.98 Å². The quantitative estimate of drug-likeness (QED) is 0.895. The van der Waals surface area contributed by atoms with Crippen LogP contribution in [0, 0.1) is 0 Å². The van der Waals surface area contributed by atoms with Gasteiger partial charge in [0.15, 0.2) is 0 Å². The van der Waals surface area contributed by atoms with Gasteiger partial charge in [0.1, 0.15) is 5.82 Å². The Kier molecular flexibility index (Phi) is 4.93. The number of nitrogens with zero attached hydrogens (tertiary/aromatic N) is 3. The van der Waals surface area contributed by atoms with Crippen molar-refractivity contribution in [3.63, 3.8) is 0 Å². The van der Waals surface area contributed by atoms with Crippen molar-refractivity contribution < 1.29 is 4.79 Å². The highest BCUT2D eigenvalue weighted by atomic mass is 16.2. The van der Waals surface area contributed by atoms with Crippen molar-refractivity contribution in [2.45, 2.75) is 19.4 Å². The van der Waals surface area contributed by atoms with E-state index in [1.807, 2.05) is 31.2 Å². The summed E-state index contributed by atoms with van der Waals surface area (Å²) >= 11 is 0. The second-order valence-corrected chi connectivity index (χ2v) is 6.36. The van der Waals surface area contributed by atoms with E-state index < -0.39 is 0 Å². The van der Waals surface area contributed by atoms with Gasteiger partial charge >= 0.3 is 0 Å². The summed E-state index contributed by atoms with van der Waals surface area (Å²) in [5.74, 6) is 0.859. The number of rotatable bonds is 4. The van der Waals surface area contributed by atoms with E-state index in [1.54, 1.807) is 0 Å². The summed E-state index contributed by atoms with van der Waals surface area (Å²) in [6, 6.07) is 7.78. The molecule has 1 aliphatic rings. The molecule has 2 N–H and O–H groups in total. The third-order valence-corrected chi connectivity index (χ3v) is 4.37. The Morgan fingerprint density at radius 2 is 2.13 bits per heavy atom. The highest BCUT2D eigenvalue weighted by Crippen LogP contribution is 2.15. The summed E-state index contributed by atoms with van der Waals surface area (Å²) in [6.07, 6.45) is 1.11. The van der Waals surface area contributed by atoms with Crippen molar-refractivity contribution in [3.05, 3.63) is 30.1 Å². The molecule has 1 aromatic carbocycles. The van der Waals surface area contributed by atoms with Crippen LogP contribution in [-0.4, -0.2) is 65.4 Å². The SMILES string of the molecule is C[C@H](NC(=O)CN1CCCN(C)CC1)c1nc2ccccc2[nH]1. The summed E-state index contributed by atoms with van der Waals surface area (Å²) in [4.78, 5) is 24.7. The van der Waals surface area contributed by atoms with Crippen molar-refractivity contribution in [1.82, 2.24) is 25.1 Å². The second kappa shape index (κ2) is 7.10. The van der Waals surface area contributed by atoms with Crippen LogP contribution in [0.25, 0.3) is 11.0 Å². The molecule has 1 atom stereocenters. The van der Waals surface area contributed by atoms with Gasteiger partial charge in [-0.3, -0.25) is 9.69 Å². The predicted octanol–water partition coefficient (Wildman–Crippen LogP) is 1.38. The van der Waals surface area contributed by atoms with Crippen molar-refractivity contribution in [2.24, 2.45) is 0 Å². The Hall–Kier alpha value is -1.92. The maximum absolute atomic E-state index is 12.3. The van der Waals surface area contributed by atoms with Crippen molar-refractivity contribution in [3.8, 4) is 0 Å². The van der Waals surface area contributed by atoms with E-state index in [9.17, 15) is 4.79 Å². The highest BCUT2D eigenvalue weighted by molar-refractivity contribution is 5.79. The van der Waals surface area contributed by atoms with Crippen LogP contribution >= 0.6 is 0 Å². The van der Waals surface area contributed by atoms with Gasteiger partial charge in [0, 0.05) is 13.1 Å². The Morgan fingerprint density at radius 3 is 2.96 bits per heavy atom. The number of carbonyl (C=O) groups is 1. The number of likely N-dealkylation sites (N-methyl/N-ethyl adjacent to an activating group) is 1. The first-order chi connectivity index (χ1) is 11.1. The van der Waals surface area contributed by atoms with Gasteiger partial charge in [-0.2, -0.15) is 0 Å². The molecule has 0 bridgehead atoms. The van der Waals surface area contributed by atoms with Crippen LogP contribution < -0.4 is 5.32 Å². The summed E-state index contributed by atoms with van der Waals surface area (Å²) in [6.45, 7) is 6.48. The maximum atomic E-state index is 12.3. The van der Waals surface area contributed by atoms with E-state index in [0.717, 1.165) is 49.5 Å². The van der Waals surface area contributed by atoms with Gasteiger partial charge < -0.3 is 15.2 Å². The summed E-state index contributed by atoms with van der Waals surface area (Å²) < 4.78 is 0. The van der Waals surface area contributed by atoms with Crippen LogP contribution in [0.5, 0.6) is 0 Å². The first-order valence-corrected chi connectivity index (χ1v) is 8.27. The van der Waals surface area contributed by atoms with Gasteiger partial charge in [-0.05, 0) is 45.6 Å². The Bertz CT molecular complexity index is 635. The topological polar surface area (TPSA) is 64.3 Å². The first-order valence-electron chi connectivity index (χ1n) is 8.27. The zero-order chi connectivity index (χ0) is 16.2. The largest absolute Gasteiger partial charge is 0.345 e. The number of H-pyrrole nitrogens is 1. The fraction of sp³-hybridized carbons (Fsp3) is 0.529. The molecule has 1 saturated heterocycles. The number of hydrogen-bond acceptors (Lipinski definition) is 4. The minimum Gasteiger partial charge on any atom is -0.345 e. The number of hydrogen-bond donors (Lipinski definition) is 2. The fourth-order valence-electron chi connectivity index (χ4n) is 2.99. The zero-order valence-electron chi connectivity index (χ0n) is 13.9. The molecule has 0 unspecified atom stereocenters. The minimum atomic E-state index is -0.121. The molecule has 1 amide bonds. The van der Waals surface area contributed by atoms with Crippen LogP contribution in [0.2, 0.25) is 0 Å². The van der Waals surface area contributed by atoms with E-state index in [0.29, 0.717) is 6.54 Å². The normalized spacial score (nSPS) is 18.7. The lowest BCUT2D eigenvalue weighted by Gasteiger charge is -2.20. The molecule has 1 aromatic heterocycles. The number of imidazole rings is 1. The monoisotopic (exact) mass is 315 g/mol. The number of fused-ring (bicyclic) bond motifs is 1. The average molecular weight is 315 g/mol. The lowest BCUT2D eigenvalue weighted by molar-refractivity contribution is -0.122. The standard InChI is InChI=1S/C17H25N5O/c1-13(17-19-14-6-3-4-7-15(14)20-17)18-16(23)12-22-9-5-8-21(2)10-11-22/h3-4,6-7,13H,5,8-12H2,1-2H3,(H,18,23)(H,19,20)/t13-/m0/s1. The molecule has 1 fully saturated rings. The van der Waals surface area contributed by atoms with E-state index in [4.69, 9.17) is 0 Å². The lowest BCUT2D eigenvalue weighted by Crippen LogP contribution is -2.40. The molecule has 2 heterocycles. The molecule has 124 valence electrons. The third kappa shape index (κ3) is 4.09. The first kappa shape index (κ1) is 16.0. The lowest BCUT2D eigenvalue weighted by atomic mass is 10.3. The van der Waals surface area contributed by atoms with Crippen molar-refractivity contribution >= 4 is 16.9 Å². The molecule has 0 radical (unpaired) electrons. The summed E-state index contributed by atoms with van der Waals surface area (Å²) in [5, 5.41) is 3.05. The van der Waals surface area contributed by atoms with Gasteiger partial charge in [-0.1, -0.05) is 12.1 Å². The third-order valence-electron chi connectivity index (χ3n) is 4.37. The van der Waals surface area contributed by atoms with E-state index in [1.165, 1.54) is 0 Å². The molecular formula is C17H25N5O. The number of para-hydroxylation sites is 2. The second-order valence-electron chi connectivity index (χ2n) is 6.36. The Morgan fingerprint density at radius 1 is 1.30 bits per heavy atom.